The van der Waals surface area contributed by atoms with Crippen molar-refractivity contribution >= 4 is 29.2 Å². The molecule has 0 radical (unpaired) electrons. The van der Waals surface area contributed by atoms with Crippen molar-refractivity contribution in [3.05, 3.63) is 40.1 Å². The fourth-order valence-corrected chi connectivity index (χ4v) is 2.25. The summed E-state index contributed by atoms with van der Waals surface area (Å²) in [6.07, 6.45) is 3.08. The van der Waals surface area contributed by atoms with E-state index in [1.165, 1.54) is 0 Å². The Balaban J connectivity index is 2.05. The van der Waals surface area contributed by atoms with E-state index in [-0.39, 0.29) is 0 Å². The molecule has 1 aromatic heterocycles. The molecule has 2 N–H and O–H groups in total. The molecule has 0 aliphatic carbocycles. The van der Waals surface area contributed by atoms with Gasteiger partial charge >= 0.3 is 5.97 Å². The van der Waals surface area contributed by atoms with Crippen LogP contribution in [0.5, 0.6) is 0 Å². The maximum absolute atomic E-state index is 11.1. The number of nitrogens with one attached hydrogen (secondary N) is 1. The maximum Gasteiger partial charge on any atom is 0.320 e. The van der Waals surface area contributed by atoms with Crippen LogP contribution in [0.4, 0.5) is 0 Å². The zero-order chi connectivity index (χ0) is 16.1. The lowest BCUT2D eigenvalue weighted by Gasteiger charge is -2.11. The third-order valence-corrected chi connectivity index (χ3v) is 3.85. The normalized spacial score (nSPS) is 12.3. The summed E-state index contributed by atoms with van der Waals surface area (Å²) in [4.78, 5) is 11.1. The molecule has 0 bridgehead atoms. The molecular formula is C14H16Cl2N4O2. The highest BCUT2D eigenvalue weighted by molar-refractivity contribution is 6.42. The Bertz CT molecular complexity index is 660. The summed E-state index contributed by atoms with van der Waals surface area (Å²) in [6, 6.07) is 4.56. The van der Waals surface area contributed by atoms with Gasteiger partial charge in [-0.05, 0) is 24.6 Å². The van der Waals surface area contributed by atoms with Gasteiger partial charge in [0.05, 0.1) is 27.6 Å². The Morgan fingerprint density at radius 3 is 2.82 bits per heavy atom. The van der Waals surface area contributed by atoms with Gasteiger partial charge in [0.2, 0.25) is 0 Å². The average Bonchev–Trinajstić information content (AvgIpc) is 2.95. The van der Waals surface area contributed by atoms with Crippen LogP contribution in [0.25, 0.3) is 5.69 Å². The lowest BCUT2D eigenvalue weighted by molar-refractivity contribution is -0.139. The quantitative estimate of drug-likeness (QED) is 0.808. The fraction of sp³-hybridized carbons (Fsp3) is 0.357. The molecule has 0 aliphatic heterocycles. The van der Waals surface area contributed by atoms with E-state index in [9.17, 15) is 4.79 Å². The van der Waals surface area contributed by atoms with Crippen LogP contribution in [-0.2, 0) is 11.3 Å². The smallest absolute Gasteiger partial charge is 0.320 e. The van der Waals surface area contributed by atoms with Crippen molar-refractivity contribution in [3.63, 3.8) is 0 Å². The van der Waals surface area contributed by atoms with E-state index >= 15 is 0 Å². The van der Waals surface area contributed by atoms with E-state index in [4.69, 9.17) is 28.3 Å². The van der Waals surface area contributed by atoms with E-state index < -0.39 is 12.0 Å². The van der Waals surface area contributed by atoms with Crippen LogP contribution >= 0.6 is 23.2 Å². The summed E-state index contributed by atoms with van der Waals surface area (Å²) in [5.41, 5.74) is 1.38. The summed E-state index contributed by atoms with van der Waals surface area (Å²) < 4.78 is 1.56. The molecule has 8 heteroatoms. The molecule has 2 aromatic rings. The molecule has 118 valence electrons. The van der Waals surface area contributed by atoms with Crippen LogP contribution in [0.3, 0.4) is 0 Å². The third-order valence-electron chi connectivity index (χ3n) is 3.11. The Kier molecular flexibility index (Phi) is 5.76. The van der Waals surface area contributed by atoms with Crippen molar-refractivity contribution in [2.45, 2.75) is 32.4 Å². The SMILES string of the molecule is CCCC(NCc1cn(-c2ccc(Cl)c(Cl)c2)nn1)C(=O)O. The lowest BCUT2D eigenvalue weighted by atomic mass is 10.1. The molecule has 1 heterocycles. The van der Waals surface area contributed by atoms with Gasteiger partial charge in [0, 0.05) is 6.54 Å². The lowest BCUT2D eigenvalue weighted by Crippen LogP contribution is -2.36. The summed E-state index contributed by atoms with van der Waals surface area (Å²) in [5, 5.41) is 21.0. The van der Waals surface area contributed by atoms with Crippen molar-refractivity contribution < 1.29 is 9.90 Å². The van der Waals surface area contributed by atoms with Crippen LogP contribution in [0, 0.1) is 0 Å². The number of carboxylic acid groups (broad SMARTS) is 1. The number of nitrogens with zero attached hydrogens (tertiary/aromatic N) is 3. The highest BCUT2D eigenvalue weighted by Crippen LogP contribution is 2.24. The minimum Gasteiger partial charge on any atom is -0.480 e. The molecular weight excluding hydrogens is 327 g/mol. The van der Waals surface area contributed by atoms with Crippen molar-refractivity contribution in [2.75, 3.05) is 0 Å². The van der Waals surface area contributed by atoms with E-state index in [1.807, 2.05) is 6.92 Å². The molecule has 0 aliphatic rings. The van der Waals surface area contributed by atoms with Gasteiger partial charge in [-0.3, -0.25) is 10.1 Å². The van der Waals surface area contributed by atoms with Gasteiger partial charge in [-0.25, -0.2) is 4.68 Å². The number of aromatic nitrogens is 3. The molecule has 1 unspecified atom stereocenters. The third kappa shape index (κ3) is 4.19. The summed E-state index contributed by atoms with van der Waals surface area (Å²) >= 11 is 11.8. The first kappa shape index (κ1) is 16.7. The van der Waals surface area contributed by atoms with Crippen molar-refractivity contribution in [1.82, 2.24) is 20.3 Å². The Morgan fingerprint density at radius 1 is 1.41 bits per heavy atom. The first-order valence-electron chi connectivity index (χ1n) is 6.84. The molecule has 0 saturated heterocycles. The molecule has 0 amide bonds. The zero-order valence-electron chi connectivity index (χ0n) is 12.0. The first-order chi connectivity index (χ1) is 10.5. The van der Waals surface area contributed by atoms with Gasteiger partial charge in [0.25, 0.3) is 0 Å². The van der Waals surface area contributed by atoms with Gasteiger partial charge in [-0.1, -0.05) is 41.8 Å². The van der Waals surface area contributed by atoms with Crippen molar-refractivity contribution in [2.24, 2.45) is 0 Å². The van der Waals surface area contributed by atoms with Gasteiger partial charge in [-0.2, -0.15) is 0 Å². The number of carboxylic acids is 1. The fourth-order valence-electron chi connectivity index (χ4n) is 1.96. The predicted octanol–water partition coefficient (Wildman–Crippen LogP) is 2.92. The highest BCUT2D eigenvalue weighted by atomic mass is 35.5. The van der Waals surface area contributed by atoms with E-state index in [1.54, 1.807) is 29.1 Å². The topological polar surface area (TPSA) is 80.0 Å². The molecule has 2 rings (SSSR count). The second-order valence-corrected chi connectivity index (χ2v) is 5.63. The number of rotatable bonds is 7. The summed E-state index contributed by atoms with van der Waals surface area (Å²) in [7, 11) is 0. The second kappa shape index (κ2) is 7.58. The van der Waals surface area contributed by atoms with E-state index in [0.717, 1.165) is 12.1 Å². The first-order valence-corrected chi connectivity index (χ1v) is 7.59. The predicted molar refractivity (Wildman–Crippen MR) is 84.6 cm³/mol. The molecule has 1 aromatic carbocycles. The van der Waals surface area contributed by atoms with E-state index in [2.05, 4.69) is 15.6 Å². The number of aliphatic carboxylic acids is 1. The monoisotopic (exact) mass is 342 g/mol. The van der Waals surface area contributed by atoms with Crippen LogP contribution in [-0.4, -0.2) is 32.1 Å². The Morgan fingerprint density at radius 2 is 2.18 bits per heavy atom. The maximum atomic E-state index is 11.1. The van der Waals surface area contributed by atoms with Crippen molar-refractivity contribution in [1.29, 1.82) is 0 Å². The standard InChI is InChI=1S/C14H16Cl2N4O2/c1-2-3-13(14(21)22)17-7-9-8-20(19-18-9)10-4-5-11(15)12(16)6-10/h4-6,8,13,17H,2-3,7H2,1H3,(H,21,22). The second-order valence-electron chi connectivity index (χ2n) is 4.81. The molecule has 0 fully saturated rings. The molecule has 0 spiro atoms. The van der Waals surface area contributed by atoms with E-state index in [0.29, 0.717) is 28.7 Å². The summed E-state index contributed by atoms with van der Waals surface area (Å²) in [6.45, 7) is 2.27. The zero-order valence-corrected chi connectivity index (χ0v) is 13.5. The minimum atomic E-state index is -0.862. The van der Waals surface area contributed by atoms with Crippen LogP contribution in [0.15, 0.2) is 24.4 Å². The van der Waals surface area contributed by atoms with Gasteiger partial charge in [0.15, 0.2) is 0 Å². The molecule has 6 nitrogen and oxygen atoms in total. The van der Waals surface area contributed by atoms with Crippen LogP contribution < -0.4 is 5.32 Å². The molecule has 0 saturated carbocycles. The minimum absolute atomic E-state index is 0.332. The number of hydrogen-bond acceptors (Lipinski definition) is 4. The molecule has 22 heavy (non-hydrogen) atoms. The van der Waals surface area contributed by atoms with Gasteiger partial charge < -0.3 is 5.11 Å². The average molecular weight is 343 g/mol. The number of hydrogen-bond donors (Lipinski definition) is 2. The number of halogens is 2. The largest absolute Gasteiger partial charge is 0.480 e. The summed E-state index contributed by atoms with van der Waals surface area (Å²) in [5.74, 6) is -0.862. The number of benzene rings is 1. The van der Waals surface area contributed by atoms with Gasteiger partial charge in [0.1, 0.15) is 6.04 Å². The molecule has 1 atom stereocenters. The highest BCUT2D eigenvalue weighted by Gasteiger charge is 2.16. The van der Waals surface area contributed by atoms with Crippen LogP contribution in [0.1, 0.15) is 25.5 Å². The van der Waals surface area contributed by atoms with Crippen molar-refractivity contribution in [3.8, 4) is 5.69 Å². The Labute approximate surface area is 138 Å². The van der Waals surface area contributed by atoms with Gasteiger partial charge in [-0.15, -0.1) is 5.10 Å². The number of carbonyl (C=O) groups is 1. The Hall–Kier alpha value is -1.63. The van der Waals surface area contributed by atoms with Crippen LogP contribution in [0.2, 0.25) is 10.0 Å².